The van der Waals surface area contributed by atoms with Crippen molar-refractivity contribution in [1.29, 1.82) is 0 Å². The van der Waals surface area contributed by atoms with Crippen LogP contribution in [0.15, 0.2) is 60.0 Å². The minimum absolute atomic E-state index is 0.0870. The van der Waals surface area contributed by atoms with Crippen LogP contribution in [-0.4, -0.2) is 37.2 Å². The molecule has 3 aromatic rings. The normalized spacial score (nSPS) is 12.5. The molecule has 0 spiro atoms. The fourth-order valence-corrected chi connectivity index (χ4v) is 4.57. The van der Waals surface area contributed by atoms with Crippen LogP contribution in [0.2, 0.25) is 0 Å². The fraction of sp³-hybridized carbons (Fsp3) is 0.346. The number of amides is 2. The maximum atomic E-state index is 13.2. The molecule has 34 heavy (non-hydrogen) atoms. The van der Waals surface area contributed by atoms with Crippen LogP contribution in [0.5, 0.6) is 0 Å². The molecule has 0 aliphatic heterocycles. The first-order chi connectivity index (χ1) is 16.5. The largest absolute Gasteiger partial charge is 0.467 e. The SMILES string of the molecule is CCCC[C@@H](NC(=O)[C@H](Cc1csc2ccccc12)NC(=O)OCc1ccccc1)C(=O)OC. The van der Waals surface area contributed by atoms with Gasteiger partial charge in [-0.1, -0.05) is 68.3 Å². The summed E-state index contributed by atoms with van der Waals surface area (Å²) in [6.07, 6.45) is 1.65. The van der Waals surface area contributed by atoms with Crippen LogP contribution >= 0.6 is 11.3 Å². The van der Waals surface area contributed by atoms with E-state index in [9.17, 15) is 14.4 Å². The molecule has 3 rings (SSSR count). The highest BCUT2D eigenvalue weighted by molar-refractivity contribution is 7.17. The van der Waals surface area contributed by atoms with Crippen molar-refractivity contribution in [2.75, 3.05) is 7.11 Å². The van der Waals surface area contributed by atoms with Crippen molar-refractivity contribution in [1.82, 2.24) is 10.6 Å². The minimum Gasteiger partial charge on any atom is -0.467 e. The number of unbranched alkanes of at least 4 members (excludes halogenated alkanes) is 1. The standard InChI is InChI=1S/C26H30N2O5S/c1-3-4-13-21(25(30)32-2)27-24(29)22(15-19-17-34-23-14-9-8-12-20(19)23)28-26(31)33-16-18-10-6-5-7-11-18/h5-12,14,17,21-22H,3-4,13,15-16H2,1-2H3,(H,27,29)(H,28,31)/t21-,22+/m1/s1. The first-order valence-electron chi connectivity index (χ1n) is 11.3. The molecule has 0 radical (unpaired) electrons. The van der Waals surface area contributed by atoms with Gasteiger partial charge in [-0.15, -0.1) is 11.3 Å². The molecule has 0 bridgehead atoms. The van der Waals surface area contributed by atoms with E-state index in [2.05, 4.69) is 10.6 Å². The van der Waals surface area contributed by atoms with Crippen LogP contribution in [0.3, 0.4) is 0 Å². The molecular weight excluding hydrogens is 452 g/mol. The second kappa shape index (κ2) is 12.7. The van der Waals surface area contributed by atoms with E-state index >= 15 is 0 Å². The Morgan fingerprint density at radius 2 is 1.71 bits per heavy atom. The third kappa shape index (κ3) is 7.05. The first-order valence-corrected chi connectivity index (χ1v) is 12.2. The van der Waals surface area contributed by atoms with Gasteiger partial charge in [-0.05, 0) is 34.4 Å². The van der Waals surface area contributed by atoms with Crippen molar-refractivity contribution < 1.29 is 23.9 Å². The van der Waals surface area contributed by atoms with Crippen LogP contribution < -0.4 is 10.6 Å². The summed E-state index contributed by atoms with van der Waals surface area (Å²) in [6.45, 7) is 2.09. The molecule has 2 aromatic carbocycles. The number of alkyl carbamates (subject to hydrolysis) is 1. The molecule has 0 saturated heterocycles. The van der Waals surface area contributed by atoms with Crippen LogP contribution in [0.1, 0.15) is 37.3 Å². The Morgan fingerprint density at radius 3 is 2.44 bits per heavy atom. The van der Waals surface area contributed by atoms with Gasteiger partial charge in [0.05, 0.1) is 7.11 Å². The van der Waals surface area contributed by atoms with Crippen molar-refractivity contribution >= 4 is 39.4 Å². The van der Waals surface area contributed by atoms with Crippen LogP contribution in [0.25, 0.3) is 10.1 Å². The summed E-state index contributed by atoms with van der Waals surface area (Å²) in [4.78, 5) is 38.0. The van der Waals surface area contributed by atoms with E-state index in [1.807, 2.05) is 66.9 Å². The second-order valence-corrected chi connectivity index (χ2v) is 8.86. The molecule has 2 N–H and O–H groups in total. The number of hydrogen-bond acceptors (Lipinski definition) is 6. The van der Waals surface area contributed by atoms with Crippen LogP contribution in [-0.2, 0) is 32.1 Å². The second-order valence-electron chi connectivity index (χ2n) is 7.95. The number of esters is 1. The Morgan fingerprint density at radius 1 is 0.971 bits per heavy atom. The third-order valence-corrected chi connectivity index (χ3v) is 6.47. The summed E-state index contributed by atoms with van der Waals surface area (Å²) in [7, 11) is 1.29. The minimum atomic E-state index is -0.921. The van der Waals surface area contributed by atoms with Crippen molar-refractivity contribution in [3.63, 3.8) is 0 Å². The van der Waals surface area contributed by atoms with Gasteiger partial charge in [0.15, 0.2) is 0 Å². The van der Waals surface area contributed by atoms with Crippen molar-refractivity contribution in [3.8, 4) is 0 Å². The summed E-state index contributed by atoms with van der Waals surface area (Å²) in [5, 5.41) is 8.46. The Balaban J connectivity index is 1.75. The number of methoxy groups -OCH3 is 1. The lowest BCUT2D eigenvalue weighted by atomic mass is 10.0. The molecular formula is C26H30N2O5S. The summed E-state index contributed by atoms with van der Waals surface area (Å²) >= 11 is 1.58. The number of fused-ring (bicyclic) bond motifs is 1. The molecule has 1 heterocycles. The van der Waals surface area contributed by atoms with E-state index in [0.29, 0.717) is 6.42 Å². The summed E-state index contributed by atoms with van der Waals surface area (Å²) < 4.78 is 11.3. The average molecular weight is 483 g/mol. The molecule has 0 aliphatic carbocycles. The van der Waals surface area contributed by atoms with E-state index in [-0.39, 0.29) is 13.0 Å². The molecule has 2 amide bonds. The van der Waals surface area contributed by atoms with Gasteiger partial charge in [0.1, 0.15) is 18.7 Å². The summed E-state index contributed by atoms with van der Waals surface area (Å²) in [5.74, 6) is -0.966. The van der Waals surface area contributed by atoms with E-state index in [1.165, 1.54) is 7.11 Å². The molecule has 0 fully saturated rings. The lowest BCUT2D eigenvalue weighted by Gasteiger charge is -2.22. The van der Waals surface area contributed by atoms with Gasteiger partial charge in [0.2, 0.25) is 5.91 Å². The monoisotopic (exact) mass is 482 g/mol. The lowest BCUT2D eigenvalue weighted by molar-refractivity contribution is -0.145. The predicted octanol–water partition coefficient (Wildman–Crippen LogP) is 4.59. The number of nitrogens with one attached hydrogen (secondary N) is 2. The topological polar surface area (TPSA) is 93.7 Å². The van der Waals surface area contributed by atoms with Gasteiger partial charge < -0.3 is 20.1 Å². The zero-order valence-electron chi connectivity index (χ0n) is 19.4. The molecule has 1 aromatic heterocycles. The number of hydrogen-bond donors (Lipinski definition) is 2. The maximum Gasteiger partial charge on any atom is 0.408 e. The highest BCUT2D eigenvalue weighted by atomic mass is 32.1. The van der Waals surface area contributed by atoms with E-state index in [4.69, 9.17) is 9.47 Å². The Bertz CT molecular complexity index is 1100. The zero-order valence-corrected chi connectivity index (χ0v) is 20.2. The average Bonchev–Trinajstić information content (AvgIpc) is 3.27. The van der Waals surface area contributed by atoms with E-state index in [1.54, 1.807) is 11.3 Å². The van der Waals surface area contributed by atoms with Gasteiger partial charge in [0, 0.05) is 11.1 Å². The highest BCUT2D eigenvalue weighted by Gasteiger charge is 2.28. The molecule has 0 unspecified atom stereocenters. The summed E-state index contributed by atoms with van der Waals surface area (Å²) in [6, 6.07) is 15.5. The van der Waals surface area contributed by atoms with Crippen molar-refractivity contribution in [2.24, 2.45) is 0 Å². The molecule has 2 atom stereocenters. The maximum absolute atomic E-state index is 13.2. The number of benzene rings is 2. The van der Waals surface area contributed by atoms with E-state index in [0.717, 1.165) is 34.1 Å². The van der Waals surface area contributed by atoms with Gasteiger partial charge in [0.25, 0.3) is 0 Å². The number of rotatable bonds is 11. The van der Waals surface area contributed by atoms with Gasteiger partial charge in [-0.2, -0.15) is 0 Å². The quantitative estimate of drug-likeness (QED) is 0.390. The molecule has 0 saturated carbocycles. The van der Waals surface area contributed by atoms with Crippen molar-refractivity contribution in [2.45, 2.75) is 51.3 Å². The number of carbonyl (C=O) groups excluding carboxylic acids is 3. The van der Waals surface area contributed by atoms with Gasteiger partial charge in [-0.25, -0.2) is 9.59 Å². The first kappa shape index (κ1) is 25.2. The molecule has 180 valence electrons. The van der Waals surface area contributed by atoms with E-state index < -0.39 is 30.1 Å². The van der Waals surface area contributed by atoms with Crippen LogP contribution in [0, 0.1) is 0 Å². The third-order valence-electron chi connectivity index (χ3n) is 5.46. The number of thiophene rings is 1. The highest BCUT2D eigenvalue weighted by Crippen LogP contribution is 2.26. The lowest BCUT2D eigenvalue weighted by Crippen LogP contribution is -2.52. The smallest absolute Gasteiger partial charge is 0.408 e. The Hall–Kier alpha value is -3.39. The van der Waals surface area contributed by atoms with Gasteiger partial charge >= 0.3 is 12.1 Å². The van der Waals surface area contributed by atoms with Crippen molar-refractivity contribution in [3.05, 3.63) is 71.1 Å². The fourth-order valence-electron chi connectivity index (χ4n) is 3.60. The van der Waals surface area contributed by atoms with Crippen LogP contribution in [0.4, 0.5) is 4.79 Å². The molecule has 0 aliphatic rings. The number of ether oxygens (including phenoxy) is 2. The zero-order chi connectivity index (χ0) is 24.3. The Kier molecular flexibility index (Phi) is 9.46. The molecule has 8 heteroatoms. The predicted molar refractivity (Wildman–Crippen MR) is 133 cm³/mol. The summed E-state index contributed by atoms with van der Waals surface area (Å²) in [5.41, 5.74) is 1.78. The molecule has 7 nitrogen and oxygen atoms in total. The Labute approximate surface area is 203 Å². The van der Waals surface area contributed by atoms with Gasteiger partial charge in [-0.3, -0.25) is 4.79 Å². The number of carbonyl (C=O) groups is 3.